The first-order valence-electron chi connectivity index (χ1n) is 7.67. The number of nitrogens with one attached hydrogen (secondary N) is 1. The molecule has 1 aliphatic rings. The summed E-state index contributed by atoms with van der Waals surface area (Å²) in [4.78, 5) is 9.11. The van der Waals surface area contributed by atoms with E-state index in [1.165, 1.54) is 12.1 Å². The number of rotatable bonds is 3. The Labute approximate surface area is 143 Å². The molecule has 122 valence electrons. The summed E-state index contributed by atoms with van der Waals surface area (Å²) in [7, 11) is 0. The zero-order valence-electron chi connectivity index (χ0n) is 13.1. The molecule has 1 N–H and O–H groups in total. The number of hydrogen-bond donors (Lipinski definition) is 1. The van der Waals surface area contributed by atoms with Crippen LogP contribution in [0, 0.1) is 12.7 Å². The molecular weight excluding hydrogens is 329 g/mol. The second-order valence-corrected chi connectivity index (χ2v) is 5.90. The highest BCUT2D eigenvalue weighted by Crippen LogP contribution is 2.29. The van der Waals surface area contributed by atoms with Crippen molar-refractivity contribution in [1.82, 2.24) is 19.9 Å². The van der Waals surface area contributed by atoms with Crippen LogP contribution in [0.25, 0.3) is 16.8 Å². The molecule has 3 heterocycles. The fraction of sp³-hybridized carbons (Fsp3) is 0.235. The summed E-state index contributed by atoms with van der Waals surface area (Å²) < 4.78 is 15.1. The van der Waals surface area contributed by atoms with E-state index in [0.717, 1.165) is 34.8 Å². The topological polar surface area (TPSA) is 54.6 Å². The molecule has 7 heteroatoms. The molecule has 0 bridgehead atoms. The molecule has 4 rings (SSSR count). The van der Waals surface area contributed by atoms with Crippen LogP contribution in [0.3, 0.4) is 0 Å². The quantitative estimate of drug-likeness (QED) is 0.744. The molecule has 0 unspecified atom stereocenters. The highest BCUT2D eigenvalue weighted by Gasteiger charge is 2.21. The third-order valence-corrected chi connectivity index (χ3v) is 4.26. The predicted octanol–water partition coefficient (Wildman–Crippen LogP) is 2.93. The second kappa shape index (κ2) is 5.87. The fourth-order valence-corrected chi connectivity index (χ4v) is 3.05. The van der Waals surface area contributed by atoms with Gasteiger partial charge >= 0.3 is 0 Å². The minimum Gasteiger partial charge on any atom is -0.368 e. The molecule has 0 saturated carbocycles. The Morgan fingerprint density at radius 2 is 2.08 bits per heavy atom. The van der Waals surface area contributed by atoms with Gasteiger partial charge < -0.3 is 5.32 Å². The molecule has 0 atom stereocenters. The number of aromatic nitrogens is 3. The Balaban J connectivity index is 2.04. The Morgan fingerprint density at radius 3 is 2.75 bits per heavy atom. The monoisotopic (exact) mass is 343 g/mol. The zero-order chi connectivity index (χ0) is 16.7. The van der Waals surface area contributed by atoms with Crippen molar-refractivity contribution in [2.24, 2.45) is 4.99 Å². The number of halogens is 2. The van der Waals surface area contributed by atoms with Gasteiger partial charge in [0.1, 0.15) is 11.7 Å². The van der Waals surface area contributed by atoms with E-state index in [1.807, 2.05) is 13.0 Å². The number of nitrogens with zero attached hydrogens (tertiary/aromatic N) is 4. The van der Waals surface area contributed by atoms with Gasteiger partial charge in [0.05, 0.1) is 18.0 Å². The molecule has 0 spiro atoms. The van der Waals surface area contributed by atoms with E-state index in [2.05, 4.69) is 20.4 Å². The smallest absolute Gasteiger partial charge is 0.167 e. The molecule has 5 nitrogen and oxygen atoms in total. The van der Waals surface area contributed by atoms with Crippen molar-refractivity contribution >= 4 is 23.1 Å². The number of amidine groups is 1. The van der Waals surface area contributed by atoms with Gasteiger partial charge in [-0.25, -0.2) is 13.9 Å². The van der Waals surface area contributed by atoms with Gasteiger partial charge in [0.2, 0.25) is 0 Å². The summed E-state index contributed by atoms with van der Waals surface area (Å²) in [6.45, 7) is 3.46. The van der Waals surface area contributed by atoms with Crippen LogP contribution >= 0.6 is 11.6 Å². The lowest BCUT2D eigenvalue weighted by Gasteiger charge is -2.13. The number of pyridine rings is 1. The van der Waals surface area contributed by atoms with Gasteiger partial charge in [-0.3, -0.25) is 4.99 Å². The number of aliphatic imine (C=N–C) groups is 1. The van der Waals surface area contributed by atoms with Crippen molar-refractivity contribution in [1.29, 1.82) is 0 Å². The minimum absolute atomic E-state index is 0.242. The maximum Gasteiger partial charge on any atom is 0.167 e. The molecular formula is C17H15ClFN5. The maximum absolute atomic E-state index is 13.3. The average Bonchev–Trinajstić information content (AvgIpc) is 3.25. The van der Waals surface area contributed by atoms with Crippen LogP contribution in [0.4, 0.5) is 4.39 Å². The zero-order valence-corrected chi connectivity index (χ0v) is 13.8. The molecule has 1 aliphatic heterocycles. The Morgan fingerprint density at radius 1 is 1.29 bits per heavy atom. The number of hydrogen-bond acceptors (Lipinski definition) is 4. The Kier molecular flexibility index (Phi) is 3.69. The van der Waals surface area contributed by atoms with E-state index in [9.17, 15) is 4.39 Å². The number of fused-ring (bicyclic) bond motifs is 1. The third kappa shape index (κ3) is 2.43. The SMILES string of the molecule is Cc1cc(-c2ccc(F)cc2)c(C2=NCCN2)c2nc(CCl)nn12. The molecule has 0 aliphatic carbocycles. The van der Waals surface area contributed by atoms with Gasteiger partial charge in [0.15, 0.2) is 11.5 Å². The maximum atomic E-state index is 13.3. The molecule has 2 aromatic heterocycles. The van der Waals surface area contributed by atoms with E-state index in [1.54, 1.807) is 16.6 Å². The fourth-order valence-electron chi connectivity index (χ4n) is 2.94. The van der Waals surface area contributed by atoms with Crippen molar-refractivity contribution in [3.63, 3.8) is 0 Å². The van der Waals surface area contributed by atoms with Crippen molar-refractivity contribution < 1.29 is 4.39 Å². The van der Waals surface area contributed by atoms with Gasteiger partial charge in [-0.1, -0.05) is 12.1 Å². The van der Waals surface area contributed by atoms with Crippen LogP contribution in [-0.4, -0.2) is 33.5 Å². The van der Waals surface area contributed by atoms with Crippen molar-refractivity contribution in [2.75, 3.05) is 13.1 Å². The van der Waals surface area contributed by atoms with Crippen LogP contribution < -0.4 is 5.32 Å². The van der Waals surface area contributed by atoms with Crippen molar-refractivity contribution in [3.05, 3.63) is 53.2 Å². The largest absolute Gasteiger partial charge is 0.368 e. The second-order valence-electron chi connectivity index (χ2n) is 5.64. The summed E-state index contributed by atoms with van der Waals surface area (Å²) in [5.74, 6) is 1.33. The summed E-state index contributed by atoms with van der Waals surface area (Å²) in [6.07, 6.45) is 0. The lowest BCUT2D eigenvalue weighted by Crippen LogP contribution is -2.21. The molecule has 24 heavy (non-hydrogen) atoms. The molecule has 1 aromatic carbocycles. The van der Waals surface area contributed by atoms with E-state index < -0.39 is 0 Å². The van der Waals surface area contributed by atoms with Crippen LogP contribution in [0.1, 0.15) is 17.1 Å². The third-order valence-electron chi connectivity index (χ3n) is 4.02. The van der Waals surface area contributed by atoms with E-state index in [0.29, 0.717) is 18.0 Å². The first kappa shape index (κ1) is 15.1. The summed E-state index contributed by atoms with van der Waals surface area (Å²) in [6, 6.07) is 8.45. The lowest BCUT2D eigenvalue weighted by molar-refractivity contribution is 0.628. The molecule has 0 fully saturated rings. The molecule has 0 radical (unpaired) electrons. The number of benzene rings is 1. The van der Waals surface area contributed by atoms with Crippen LogP contribution in [0.2, 0.25) is 0 Å². The van der Waals surface area contributed by atoms with Crippen LogP contribution in [-0.2, 0) is 5.88 Å². The highest BCUT2D eigenvalue weighted by molar-refractivity contribution is 6.16. The molecule has 0 saturated heterocycles. The summed E-state index contributed by atoms with van der Waals surface area (Å²) >= 11 is 5.91. The first-order chi connectivity index (χ1) is 11.7. The van der Waals surface area contributed by atoms with Gasteiger partial charge in [-0.05, 0) is 36.2 Å². The van der Waals surface area contributed by atoms with Crippen LogP contribution in [0.5, 0.6) is 0 Å². The Hall–Kier alpha value is -2.47. The van der Waals surface area contributed by atoms with Crippen LogP contribution in [0.15, 0.2) is 35.3 Å². The number of aryl methyl sites for hydroxylation is 1. The van der Waals surface area contributed by atoms with E-state index >= 15 is 0 Å². The number of alkyl halides is 1. The average molecular weight is 344 g/mol. The standard InChI is InChI=1S/C17H15ClFN5/c1-10-8-13(11-2-4-12(19)5-3-11)15(16-20-6-7-21-16)17-22-14(9-18)23-24(10)17/h2-5,8H,6-7,9H2,1H3,(H,20,21). The van der Waals surface area contributed by atoms with Gasteiger partial charge in [0.25, 0.3) is 0 Å². The van der Waals surface area contributed by atoms with E-state index in [4.69, 9.17) is 11.6 Å². The Bertz CT molecular complexity index is 946. The summed E-state index contributed by atoms with van der Waals surface area (Å²) in [5, 5.41) is 7.74. The molecule has 0 amide bonds. The molecule has 3 aromatic rings. The highest BCUT2D eigenvalue weighted by atomic mass is 35.5. The minimum atomic E-state index is -0.263. The van der Waals surface area contributed by atoms with E-state index in [-0.39, 0.29) is 11.7 Å². The predicted molar refractivity (Wildman–Crippen MR) is 92.1 cm³/mol. The van der Waals surface area contributed by atoms with Gasteiger partial charge in [0, 0.05) is 12.2 Å². The first-order valence-corrected chi connectivity index (χ1v) is 8.20. The summed E-state index contributed by atoms with van der Waals surface area (Å²) in [5.41, 5.74) is 4.35. The van der Waals surface area contributed by atoms with Crippen molar-refractivity contribution in [2.45, 2.75) is 12.8 Å². The lowest BCUT2D eigenvalue weighted by atomic mass is 9.99. The van der Waals surface area contributed by atoms with Crippen molar-refractivity contribution in [3.8, 4) is 11.1 Å². The normalized spacial score (nSPS) is 14.0. The van der Waals surface area contributed by atoms with Gasteiger partial charge in [-0.15, -0.1) is 16.7 Å². The van der Waals surface area contributed by atoms with Gasteiger partial charge in [-0.2, -0.15) is 0 Å².